The third-order valence-corrected chi connectivity index (χ3v) is 2.62. The Bertz CT molecular complexity index is 462. The number of amides is 1. The number of benzene rings is 1. The van der Waals surface area contributed by atoms with Crippen LogP contribution >= 0.6 is 11.6 Å². The van der Waals surface area contributed by atoms with Gasteiger partial charge in [0.2, 0.25) is 5.91 Å². The smallest absolute Gasteiger partial charge is 0.335 e. The summed E-state index contributed by atoms with van der Waals surface area (Å²) in [7, 11) is 0. The second-order valence-electron chi connectivity index (χ2n) is 3.91. The molecule has 0 aliphatic rings. The fourth-order valence-corrected chi connectivity index (χ4v) is 1.60. The Kier molecular flexibility index (Phi) is 6.32. The van der Waals surface area contributed by atoms with Crippen molar-refractivity contribution in [3.05, 3.63) is 28.8 Å². The predicted molar refractivity (Wildman–Crippen MR) is 72.8 cm³/mol. The first-order valence-electron chi connectivity index (χ1n) is 5.95. The number of hydrogen-bond donors (Lipinski definition) is 2. The van der Waals surface area contributed by atoms with Gasteiger partial charge in [-0.2, -0.15) is 0 Å². The minimum Gasteiger partial charge on any atom is -0.478 e. The molecule has 1 rings (SSSR count). The summed E-state index contributed by atoms with van der Waals surface area (Å²) in [6, 6.07) is 4.15. The third kappa shape index (κ3) is 5.28. The maximum absolute atomic E-state index is 11.6. The summed E-state index contributed by atoms with van der Waals surface area (Å²) in [5.74, 6) is -1.28. The Balaban J connectivity index is 2.52. The van der Waals surface area contributed by atoms with Gasteiger partial charge in [0.25, 0.3) is 0 Å². The summed E-state index contributed by atoms with van der Waals surface area (Å²) in [6.07, 6.45) is 1.14. The minimum atomic E-state index is -1.06. The molecule has 0 saturated heterocycles. The van der Waals surface area contributed by atoms with Crippen molar-refractivity contribution in [1.82, 2.24) is 0 Å². The van der Waals surface area contributed by atoms with Crippen LogP contribution in [0.5, 0.6) is 0 Å². The van der Waals surface area contributed by atoms with Crippen LogP contribution in [0.25, 0.3) is 0 Å². The van der Waals surface area contributed by atoms with Gasteiger partial charge in [0.1, 0.15) is 0 Å². The van der Waals surface area contributed by atoms with E-state index in [0.29, 0.717) is 18.9 Å². The molecule has 104 valence electrons. The van der Waals surface area contributed by atoms with Crippen molar-refractivity contribution >= 4 is 29.2 Å². The summed E-state index contributed by atoms with van der Waals surface area (Å²) < 4.78 is 5.20. The zero-order chi connectivity index (χ0) is 14.3. The van der Waals surface area contributed by atoms with Crippen LogP contribution in [0.15, 0.2) is 18.2 Å². The lowest BCUT2D eigenvalue weighted by atomic mass is 10.2. The number of carbonyl (C=O) groups is 2. The zero-order valence-electron chi connectivity index (χ0n) is 10.6. The van der Waals surface area contributed by atoms with Gasteiger partial charge >= 0.3 is 5.97 Å². The quantitative estimate of drug-likeness (QED) is 0.755. The van der Waals surface area contributed by atoms with Crippen LogP contribution in [0.4, 0.5) is 5.69 Å². The number of anilines is 1. The second kappa shape index (κ2) is 7.76. The van der Waals surface area contributed by atoms with Crippen molar-refractivity contribution in [3.63, 3.8) is 0 Å². The van der Waals surface area contributed by atoms with Crippen molar-refractivity contribution in [1.29, 1.82) is 0 Å². The zero-order valence-corrected chi connectivity index (χ0v) is 11.4. The van der Waals surface area contributed by atoms with E-state index < -0.39 is 5.97 Å². The second-order valence-corrected chi connectivity index (χ2v) is 4.32. The number of aromatic carboxylic acids is 1. The number of halogens is 1. The average Bonchev–Trinajstić information content (AvgIpc) is 2.37. The topological polar surface area (TPSA) is 75.6 Å². The van der Waals surface area contributed by atoms with Crippen molar-refractivity contribution in [2.24, 2.45) is 0 Å². The van der Waals surface area contributed by atoms with E-state index in [0.717, 1.165) is 6.42 Å². The summed E-state index contributed by atoms with van der Waals surface area (Å²) in [4.78, 5) is 22.3. The molecule has 0 aliphatic carbocycles. The van der Waals surface area contributed by atoms with Crippen LogP contribution in [-0.4, -0.2) is 30.2 Å². The molecule has 0 heterocycles. The summed E-state index contributed by atoms with van der Waals surface area (Å²) in [5.41, 5.74) is 0.474. The van der Waals surface area contributed by atoms with Crippen LogP contribution in [-0.2, 0) is 9.53 Å². The number of nitrogens with one attached hydrogen (secondary N) is 1. The van der Waals surface area contributed by atoms with Crippen molar-refractivity contribution < 1.29 is 19.4 Å². The molecule has 0 aliphatic heterocycles. The van der Waals surface area contributed by atoms with Crippen LogP contribution in [0.2, 0.25) is 5.02 Å². The Morgan fingerprint density at radius 1 is 1.37 bits per heavy atom. The molecular formula is C13H16ClNO4. The lowest BCUT2D eigenvalue weighted by molar-refractivity contribution is -0.117. The number of ether oxygens (including phenoxy) is 1. The van der Waals surface area contributed by atoms with E-state index in [1.54, 1.807) is 0 Å². The van der Waals surface area contributed by atoms with Crippen molar-refractivity contribution in [2.75, 3.05) is 18.5 Å². The van der Waals surface area contributed by atoms with Gasteiger partial charge in [-0.05, 0) is 24.6 Å². The van der Waals surface area contributed by atoms with Crippen LogP contribution in [0.3, 0.4) is 0 Å². The Morgan fingerprint density at radius 2 is 2.11 bits per heavy atom. The first-order chi connectivity index (χ1) is 9.04. The molecule has 19 heavy (non-hydrogen) atoms. The van der Waals surface area contributed by atoms with Gasteiger partial charge in [-0.25, -0.2) is 4.79 Å². The van der Waals surface area contributed by atoms with Crippen LogP contribution in [0.1, 0.15) is 30.1 Å². The number of carbonyl (C=O) groups excluding carboxylic acids is 1. The normalized spacial score (nSPS) is 10.2. The van der Waals surface area contributed by atoms with Gasteiger partial charge in [0, 0.05) is 6.61 Å². The van der Waals surface area contributed by atoms with E-state index in [1.165, 1.54) is 18.2 Å². The lowest BCUT2D eigenvalue weighted by Gasteiger charge is -2.08. The maximum atomic E-state index is 11.6. The van der Waals surface area contributed by atoms with E-state index in [1.807, 2.05) is 6.92 Å². The highest BCUT2D eigenvalue weighted by atomic mass is 35.5. The monoisotopic (exact) mass is 285 g/mol. The summed E-state index contributed by atoms with van der Waals surface area (Å²) >= 11 is 5.89. The SMILES string of the molecule is CCCOCCC(=O)Nc1ccc(C(=O)O)cc1Cl. The Hall–Kier alpha value is -1.59. The fraction of sp³-hybridized carbons (Fsp3) is 0.385. The van der Waals surface area contributed by atoms with E-state index in [-0.39, 0.29) is 22.9 Å². The van der Waals surface area contributed by atoms with Gasteiger partial charge in [0.05, 0.1) is 29.3 Å². The van der Waals surface area contributed by atoms with Crippen molar-refractivity contribution in [2.45, 2.75) is 19.8 Å². The van der Waals surface area contributed by atoms with Gasteiger partial charge in [-0.15, -0.1) is 0 Å². The molecule has 1 amide bonds. The third-order valence-electron chi connectivity index (χ3n) is 2.31. The van der Waals surface area contributed by atoms with E-state index >= 15 is 0 Å². The first-order valence-corrected chi connectivity index (χ1v) is 6.32. The molecule has 0 unspecified atom stereocenters. The molecule has 0 bridgehead atoms. The van der Waals surface area contributed by atoms with Crippen LogP contribution < -0.4 is 5.32 Å². The average molecular weight is 286 g/mol. The molecule has 0 fully saturated rings. The molecule has 6 heteroatoms. The number of carboxylic acid groups (broad SMARTS) is 1. The molecule has 2 N–H and O–H groups in total. The highest BCUT2D eigenvalue weighted by Gasteiger charge is 2.09. The summed E-state index contributed by atoms with van der Waals surface area (Å²) in [6.45, 7) is 2.97. The summed E-state index contributed by atoms with van der Waals surface area (Å²) in [5, 5.41) is 11.6. The standard InChI is InChI=1S/C13H16ClNO4/c1-2-6-19-7-5-12(16)15-11-4-3-9(13(17)18)8-10(11)14/h3-4,8H,2,5-7H2,1H3,(H,15,16)(H,17,18). The van der Waals surface area contributed by atoms with E-state index in [9.17, 15) is 9.59 Å². The molecule has 0 saturated carbocycles. The number of hydrogen-bond acceptors (Lipinski definition) is 3. The Morgan fingerprint density at radius 3 is 2.68 bits per heavy atom. The van der Waals surface area contributed by atoms with Crippen molar-refractivity contribution in [3.8, 4) is 0 Å². The maximum Gasteiger partial charge on any atom is 0.335 e. The lowest BCUT2D eigenvalue weighted by Crippen LogP contribution is -2.14. The van der Waals surface area contributed by atoms with Gasteiger partial charge in [0.15, 0.2) is 0 Å². The molecule has 0 spiro atoms. The van der Waals surface area contributed by atoms with Gasteiger partial charge in [-0.3, -0.25) is 4.79 Å². The highest BCUT2D eigenvalue weighted by Crippen LogP contribution is 2.23. The minimum absolute atomic E-state index is 0.0780. The molecule has 1 aromatic rings. The van der Waals surface area contributed by atoms with E-state index in [2.05, 4.69) is 5.32 Å². The molecular weight excluding hydrogens is 270 g/mol. The largest absolute Gasteiger partial charge is 0.478 e. The molecule has 0 atom stereocenters. The molecule has 0 aromatic heterocycles. The molecule has 1 aromatic carbocycles. The Labute approximate surface area is 116 Å². The van der Waals surface area contributed by atoms with Gasteiger partial charge in [-0.1, -0.05) is 18.5 Å². The number of carboxylic acids is 1. The van der Waals surface area contributed by atoms with Gasteiger partial charge < -0.3 is 15.2 Å². The predicted octanol–water partition coefficient (Wildman–Crippen LogP) is 2.79. The molecule has 5 nitrogen and oxygen atoms in total. The van der Waals surface area contributed by atoms with E-state index in [4.69, 9.17) is 21.4 Å². The first kappa shape index (κ1) is 15.5. The molecule has 0 radical (unpaired) electrons. The fourth-order valence-electron chi connectivity index (χ4n) is 1.37. The highest BCUT2D eigenvalue weighted by molar-refractivity contribution is 6.34. The number of rotatable bonds is 7. The van der Waals surface area contributed by atoms with Crippen LogP contribution in [0, 0.1) is 0 Å².